The van der Waals surface area contributed by atoms with Crippen LogP contribution in [0.1, 0.15) is 12.5 Å². The zero-order valence-electron chi connectivity index (χ0n) is 9.91. The van der Waals surface area contributed by atoms with E-state index in [0.29, 0.717) is 0 Å². The molecule has 1 aromatic carbocycles. The molecular weight excluding hydrogens is 190 g/mol. The molecule has 0 aliphatic rings. The lowest BCUT2D eigenvalue weighted by atomic mass is 10.2. The molecular formula is C12H19NO2. The molecule has 0 radical (unpaired) electrons. The van der Waals surface area contributed by atoms with E-state index in [1.54, 1.807) is 14.2 Å². The second kappa shape index (κ2) is 5.61. The third kappa shape index (κ3) is 3.13. The summed E-state index contributed by atoms with van der Waals surface area (Å²) in [6, 6.07) is 6.02. The summed E-state index contributed by atoms with van der Waals surface area (Å²) in [5.74, 6) is 1.57. The van der Waals surface area contributed by atoms with Crippen molar-refractivity contribution in [2.24, 2.45) is 0 Å². The van der Waals surface area contributed by atoms with Crippen LogP contribution in [0.4, 0.5) is 0 Å². The molecule has 0 spiro atoms. The average molecular weight is 209 g/mol. The van der Waals surface area contributed by atoms with Crippen LogP contribution in [0.25, 0.3) is 0 Å². The molecule has 0 atom stereocenters. The first-order valence-electron chi connectivity index (χ1n) is 5.10. The van der Waals surface area contributed by atoms with Crippen molar-refractivity contribution in [2.45, 2.75) is 13.5 Å². The van der Waals surface area contributed by atoms with Gasteiger partial charge in [0.05, 0.1) is 14.2 Å². The van der Waals surface area contributed by atoms with Gasteiger partial charge in [-0.25, -0.2) is 0 Å². The molecule has 0 aliphatic heterocycles. The molecule has 0 aliphatic carbocycles. The summed E-state index contributed by atoms with van der Waals surface area (Å²) >= 11 is 0. The molecule has 0 N–H and O–H groups in total. The first kappa shape index (κ1) is 11.9. The SMILES string of the molecule is CCN(C)Cc1ccc(OC)c(OC)c1. The minimum absolute atomic E-state index is 0.778. The van der Waals surface area contributed by atoms with Crippen LogP contribution in [0.3, 0.4) is 0 Å². The third-order valence-corrected chi connectivity index (χ3v) is 2.44. The lowest BCUT2D eigenvalue weighted by Crippen LogP contribution is -2.16. The van der Waals surface area contributed by atoms with Gasteiger partial charge in [-0.05, 0) is 31.3 Å². The highest BCUT2D eigenvalue weighted by molar-refractivity contribution is 5.42. The highest BCUT2D eigenvalue weighted by Gasteiger charge is 2.05. The predicted molar refractivity (Wildman–Crippen MR) is 61.6 cm³/mol. The van der Waals surface area contributed by atoms with Gasteiger partial charge in [0, 0.05) is 6.54 Å². The second-order valence-electron chi connectivity index (χ2n) is 3.52. The fourth-order valence-corrected chi connectivity index (χ4v) is 1.40. The van der Waals surface area contributed by atoms with Crippen molar-refractivity contribution in [3.8, 4) is 11.5 Å². The van der Waals surface area contributed by atoms with Crippen LogP contribution in [0.2, 0.25) is 0 Å². The van der Waals surface area contributed by atoms with Gasteiger partial charge in [-0.15, -0.1) is 0 Å². The zero-order valence-corrected chi connectivity index (χ0v) is 9.91. The summed E-state index contributed by atoms with van der Waals surface area (Å²) < 4.78 is 10.4. The van der Waals surface area contributed by atoms with Crippen LogP contribution in [0.15, 0.2) is 18.2 Å². The molecule has 0 aromatic heterocycles. The fourth-order valence-electron chi connectivity index (χ4n) is 1.40. The van der Waals surface area contributed by atoms with Crippen LogP contribution in [-0.4, -0.2) is 32.7 Å². The molecule has 3 nitrogen and oxygen atoms in total. The number of ether oxygens (including phenoxy) is 2. The Balaban J connectivity index is 2.83. The van der Waals surface area contributed by atoms with E-state index in [4.69, 9.17) is 9.47 Å². The van der Waals surface area contributed by atoms with Gasteiger partial charge in [0.2, 0.25) is 0 Å². The summed E-state index contributed by atoms with van der Waals surface area (Å²) in [7, 11) is 5.40. The monoisotopic (exact) mass is 209 g/mol. The summed E-state index contributed by atoms with van der Waals surface area (Å²) in [5, 5.41) is 0. The van der Waals surface area contributed by atoms with Crippen LogP contribution in [0, 0.1) is 0 Å². The van der Waals surface area contributed by atoms with Gasteiger partial charge in [-0.2, -0.15) is 0 Å². The van der Waals surface area contributed by atoms with E-state index in [2.05, 4.69) is 24.9 Å². The maximum atomic E-state index is 5.25. The van der Waals surface area contributed by atoms with Gasteiger partial charge in [-0.1, -0.05) is 13.0 Å². The fraction of sp³-hybridized carbons (Fsp3) is 0.500. The van der Waals surface area contributed by atoms with E-state index in [1.807, 2.05) is 12.1 Å². The van der Waals surface area contributed by atoms with Crippen LogP contribution in [0.5, 0.6) is 11.5 Å². The number of hydrogen-bond acceptors (Lipinski definition) is 3. The van der Waals surface area contributed by atoms with Gasteiger partial charge in [0.25, 0.3) is 0 Å². The van der Waals surface area contributed by atoms with Crippen molar-refractivity contribution in [3.63, 3.8) is 0 Å². The Morgan fingerprint density at radius 1 is 1.13 bits per heavy atom. The molecule has 84 valence electrons. The lowest BCUT2D eigenvalue weighted by molar-refractivity contribution is 0.338. The van der Waals surface area contributed by atoms with Crippen molar-refractivity contribution >= 4 is 0 Å². The minimum atomic E-state index is 0.778. The lowest BCUT2D eigenvalue weighted by Gasteiger charge is -2.15. The van der Waals surface area contributed by atoms with E-state index in [1.165, 1.54) is 5.56 Å². The van der Waals surface area contributed by atoms with Gasteiger partial charge in [0.1, 0.15) is 0 Å². The maximum Gasteiger partial charge on any atom is 0.161 e. The molecule has 0 bridgehead atoms. The normalized spacial score (nSPS) is 10.5. The quantitative estimate of drug-likeness (QED) is 0.741. The summed E-state index contributed by atoms with van der Waals surface area (Å²) in [4.78, 5) is 2.24. The molecule has 0 fully saturated rings. The standard InChI is InChI=1S/C12H19NO2/c1-5-13(2)9-10-6-7-11(14-3)12(8-10)15-4/h6-8H,5,9H2,1-4H3. The molecule has 15 heavy (non-hydrogen) atoms. The Hall–Kier alpha value is -1.22. The van der Waals surface area contributed by atoms with Crippen molar-refractivity contribution in [2.75, 3.05) is 27.8 Å². The molecule has 0 saturated heterocycles. The Morgan fingerprint density at radius 3 is 2.33 bits per heavy atom. The molecule has 1 aromatic rings. The molecule has 0 saturated carbocycles. The molecule has 3 heteroatoms. The second-order valence-corrected chi connectivity index (χ2v) is 3.52. The molecule has 0 amide bonds. The number of hydrogen-bond donors (Lipinski definition) is 0. The first-order chi connectivity index (χ1) is 7.21. The number of nitrogens with zero attached hydrogens (tertiary/aromatic N) is 1. The van der Waals surface area contributed by atoms with Crippen molar-refractivity contribution in [3.05, 3.63) is 23.8 Å². The van der Waals surface area contributed by atoms with Gasteiger partial charge < -0.3 is 14.4 Å². The van der Waals surface area contributed by atoms with Crippen LogP contribution >= 0.6 is 0 Å². The number of methoxy groups -OCH3 is 2. The van der Waals surface area contributed by atoms with E-state index in [9.17, 15) is 0 Å². The number of rotatable bonds is 5. The van der Waals surface area contributed by atoms with E-state index in [0.717, 1.165) is 24.6 Å². The van der Waals surface area contributed by atoms with E-state index >= 15 is 0 Å². The predicted octanol–water partition coefficient (Wildman–Crippen LogP) is 2.16. The first-order valence-corrected chi connectivity index (χ1v) is 5.10. The molecule has 0 heterocycles. The minimum Gasteiger partial charge on any atom is -0.493 e. The Morgan fingerprint density at radius 2 is 1.80 bits per heavy atom. The zero-order chi connectivity index (χ0) is 11.3. The largest absolute Gasteiger partial charge is 0.493 e. The van der Waals surface area contributed by atoms with Crippen LogP contribution < -0.4 is 9.47 Å². The van der Waals surface area contributed by atoms with Crippen molar-refractivity contribution in [1.29, 1.82) is 0 Å². The Bertz CT molecular complexity index is 312. The van der Waals surface area contributed by atoms with E-state index in [-0.39, 0.29) is 0 Å². The third-order valence-electron chi connectivity index (χ3n) is 2.44. The molecule has 1 rings (SSSR count). The molecule has 0 unspecified atom stereocenters. The van der Waals surface area contributed by atoms with Gasteiger partial charge in [0.15, 0.2) is 11.5 Å². The smallest absolute Gasteiger partial charge is 0.161 e. The Labute approximate surface area is 91.6 Å². The van der Waals surface area contributed by atoms with E-state index < -0.39 is 0 Å². The van der Waals surface area contributed by atoms with Gasteiger partial charge in [-0.3, -0.25) is 0 Å². The number of benzene rings is 1. The Kier molecular flexibility index (Phi) is 4.43. The van der Waals surface area contributed by atoms with Crippen molar-refractivity contribution < 1.29 is 9.47 Å². The summed E-state index contributed by atoms with van der Waals surface area (Å²) in [6.45, 7) is 4.10. The van der Waals surface area contributed by atoms with Crippen LogP contribution in [-0.2, 0) is 6.54 Å². The topological polar surface area (TPSA) is 21.7 Å². The van der Waals surface area contributed by atoms with Gasteiger partial charge >= 0.3 is 0 Å². The average Bonchev–Trinajstić information content (AvgIpc) is 2.28. The summed E-state index contributed by atoms with van der Waals surface area (Å²) in [5.41, 5.74) is 1.23. The summed E-state index contributed by atoms with van der Waals surface area (Å²) in [6.07, 6.45) is 0. The highest BCUT2D eigenvalue weighted by atomic mass is 16.5. The maximum absolute atomic E-state index is 5.25. The van der Waals surface area contributed by atoms with Crippen molar-refractivity contribution in [1.82, 2.24) is 4.90 Å². The highest BCUT2D eigenvalue weighted by Crippen LogP contribution is 2.27.